The van der Waals surface area contributed by atoms with Crippen molar-refractivity contribution < 1.29 is 4.39 Å². The standard InChI is InChI=1S/C29H18ClFN4O/c30-22-13-15-25(16-14-22)35-28(20-11-9-19(10-12-20)21-5-4-6-23(31)17-21)32-27-26(29(35)36)18-34(33-27)24-7-2-1-3-8-24/h1-18H. The summed E-state index contributed by atoms with van der Waals surface area (Å²) in [6.07, 6.45) is 1.70. The highest BCUT2D eigenvalue weighted by molar-refractivity contribution is 6.30. The van der Waals surface area contributed by atoms with Gasteiger partial charge in [0.25, 0.3) is 5.56 Å². The first kappa shape index (κ1) is 21.9. The molecule has 6 aromatic rings. The van der Waals surface area contributed by atoms with Crippen molar-refractivity contribution >= 4 is 22.6 Å². The molecule has 0 spiro atoms. The minimum atomic E-state index is -0.297. The minimum absolute atomic E-state index is 0.242. The highest BCUT2D eigenvalue weighted by Gasteiger charge is 2.18. The van der Waals surface area contributed by atoms with Crippen molar-refractivity contribution in [2.75, 3.05) is 0 Å². The second kappa shape index (κ2) is 8.91. The molecular formula is C29H18ClFN4O. The summed E-state index contributed by atoms with van der Waals surface area (Å²) in [5.74, 6) is 0.146. The molecule has 5 nitrogen and oxygen atoms in total. The number of nitrogens with zero attached hydrogens (tertiary/aromatic N) is 4. The lowest BCUT2D eigenvalue weighted by atomic mass is 10.0. The Morgan fingerprint density at radius 3 is 2.17 bits per heavy atom. The summed E-state index contributed by atoms with van der Waals surface area (Å²) in [5.41, 5.74) is 3.91. The van der Waals surface area contributed by atoms with E-state index in [0.717, 1.165) is 22.4 Å². The van der Waals surface area contributed by atoms with E-state index < -0.39 is 0 Å². The molecule has 0 atom stereocenters. The molecule has 0 amide bonds. The number of rotatable bonds is 4. The molecule has 0 aliphatic heterocycles. The van der Waals surface area contributed by atoms with Gasteiger partial charge in [0.2, 0.25) is 0 Å². The zero-order valence-corrected chi connectivity index (χ0v) is 19.6. The summed E-state index contributed by atoms with van der Waals surface area (Å²) in [4.78, 5) is 18.6. The number of para-hydroxylation sites is 1. The lowest BCUT2D eigenvalue weighted by Gasteiger charge is -2.13. The van der Waals surface area contributed by atoms with Crippen molar-refractivity contribution in [1.82, 2.24) is 19.3 Å². The van der Waals surface area contributed by atoms with Crippen LogP contribution in [0.1, 0.15) is 0 Å². The predicted molar refractivity (Wildman–Crippen MR) is 140 cm³/mol. The molecule has 4 aromatic carbocycles. The minimum Gasteiger partial charge on any atom is -0.268 e. The van der Waals surface area contributed by atoms with Crippen LogP contribution in [-0.2, 0) is 0 Å². The van der Waals surface area contributed by atoms with Gasteiger partial charge < -0.3 is 0 Å². The van der Waals surface area contributed by atoms with Crippen LogP contribution in [-0.4, -0.2) is 19.3 Å². The fourth-order valence-corrected chi connectivity index (χ4v) is 4.31. The third kappa shape index (κ3) is 3.97. The highest BCUT2D eigenvalue weighted by atomic mass is 35.5. The second-order valence-electron chi connectivity index (χ2n) is 8.29. The third-order valence-corrected chi connectivity index (χ3v) is 6.21. The molecular weight excluding hydrogens is 475 g/mol. The Hall–Kier alpha value is -4.55. The first-order valence-electron chi connectivity index (χ1n) is 11.3. The van der Waals surface area contributed by atoms with Gasteiger partial charge in [-0.25, -0.2) is 14.1 Å². The number of aromatic nitrogens is 4. The van der Waals surface area contributed by atoms with Crippen LogP contribution in [0.2, 0.25) is 5.02 Å². The van der Waals surface area contributed by atoms with Crippen LogP contribution in [0.15, 0.2) is 114 Å². The largest absolute Gasteiger partial charge is 0.269 e. The fourth-order valence-electron chi connectivity index (χ4n) is 4.18. The molecule has 0 N–H and O–H groups in total. The third-order valence-electron chi connectivity index (χ3n) is 5.96. The van der Waals surface area contributed by atoms with Gasteiger partial charge in [-0.2, -0.15) is 0 Å². The van der Waals surface area contributed by atoms with Crippen LogP contribution in [0, 0.1) is 5.82 Å². The zero-order chi connectivity index (χ0) is 24.6. The molecule has 0 radical (unpaired) electrons. The SMILES string of the molecule is O=c1c2cn(-c3ccccc3)nc2nc(-c2ccc(-c3cccc(F)c3)cc2)n1-c1ccc(Cl)cc1. The Morgan fingerprint density at radius 1 is 0.722 bits per heavy atom. The smallest absolute Gasteiger partial charge is 0.268 e. The Labute approximate surface area is 210 Å². The lowest BCUT2D eigenvalue weighted by molar-refractivity contribution is 0.628. The Morgan fingerprint density at radius 2 is 1.44 bits per heavy atom. The molecule has 36 heavy (non-hydrogen) atoms. The maximum absolute atomic E-state index is 13.8. The van der Waals surface area contributed by atoms with E-state index in [9.17, 15) is 9.18 Å². The molecule has 0 saturated heterocycles. The van der Waals surface area contributed by atoms with Gasteiger partial charge in [-0.1, -0.05) is 66.2 Å². The van der Waals surface area contributed by atoms with Crippen LogP contribution in [0.4, 0.5) is 4.39 Å². The van der Waals surface area contributed by atoms with Gasteiger partial charge in [-0.3, -0.25) is 9.36 Å². The maximum atomic E-state index is 13.8. The van der Waals surface area contributed by atoms with Crippen LogP contribution >= 0.6 is 11.6 Å². The van der Waals surface area contributed by atoms with Crippen molar-refractivity contribution in [2.24, 2.45) is 0 Å². The van der Waals surface area contributed by atoms with Crippen molar-refractivity contribution in [1.29, 1.82) is 0 Å². The van der Waals surface area contributed by atoms with E-state index >= 15 is 0 Å². The number of halogens is 2. The summed E-state index contributed by atoms with van der Waals surface area (Å²) < 4.78 is 16.9. The summed E-state index contributed by atoms with van der Waals surface area (Å²) in [7, 11) is 0. The van der Waals surface area contributed by atoms with E-state index in [1.54, 1.807) is 45.8 Å². The molecule has 0 fully saturated rings. The van der Waals surface area contributed by atoms with Crippen LogP contribution in [0.5, 0.6) is 0 Å². The van der Waals surface area contributed by atoms with Crippen molar-refractivity contribution in [2.45, 2.75) is 0 Å². The van der Waals surface area contributed by atoms with E-state index in [1.807, 2.05) is 60.7 Å². The maximum Gasteiger partial charge on any atom is 0.269 e. The van der Waals surface area contributed by atoms with Gasteiger partial charge in [-0.05, 0) is 59.7 Å². The molecule has 0 unspecified atom stereocenters. The first-order chi connectivity index (χ1) is 17.6. The van der Waals surface area contributed by atoms with E-state index in [1.165, 1.54) is 12.1 Å². The van der Waals surface area contributed by atoms with Gasteiger partial charge in [-0.15, -0.1) is 5.10 Å². The van der Waals surface area contributed by atoms with Crippen LogP contribution < -0.4 is 5.56 Å². The Bertz CT molecular complexity index is 1760. The first-order valence-corrected chi connectivity index (χ1v) is 11.6. The quantitative estimate of drug-likeness (QED) is 0.275. The van der Waals surface area contributed by atoms with E-state index in [4.69, 9.17) is 16.6 Å². The van der Waals surface area contributed by atoms with Gasteiger partial charge in [0.15, 0.2) is 5.65 Å². The van der Waals surface area contributed by atoms with Gasteiger partial charge >= 0.3 is 0 Å². The van der Waals surface area contributed by atoms with Crippen LogP contribution in [0.3, 0.4) is 0 Å². The average molecular weight is 493 g/mol. The average Bonchev–Trinajstić information content (AvgIpc) is 3.35. The molecule has 2 heterocycles. The fraction of sp³-hybridized carbons (Fsp3) is 0. The number of hydrogen-bond donors (Lipinski definition) is 0. The molecule has 2 aromatic heterocycles. The van der Waals surface area contributed by atoms with Crippen molar-refractivity contribution in [3.8, 4) is 33.9 Å². The molecule has 0 bridgehead atoms. The summed E-state index contributed by atoms with van der Waals surface area (Å²) in [6, 6.07) is 30.5. The normalized spacial score (nSPS) is 11.2. The van der Waals surface area contributed by atoms with Crippen LogP contribution in [0.25, 0.3) is 44.9 Å². The molecule has 7 heteroatoms. The summed E-state index contributed by atoms with van der Waals surface area (Å²) >= 11 is 6.11. The van der Waals surface area contributed by atoms with E-state index in [0.29, 0.717) is 27.6 Å². The van der Waals surface area contributed by atoms with E-state index in [-0.39, 0.29) is 11.4 Å². The molecule has 0 aliphatic rings. The van der Waals surface area contributed by atoms with Crippen molar-refractivity contribution in [3.63, 3.8) is 0 Å². The lowest BCUT2D eigenvalue weighted by Crippen LogP contribution is -2.21. The monoisotopic (exact) mass is 492 g/mol. The van der Waals surface area contributed by atoms with Gasteiger partial charge in [0.05, 0.1) is 11.4 Å². The van der Waals surface area contributed by atoms with E-state index in [2.05, 4.69) is 5.10 Å². The van der Waals surface area contributed by atoms with Gasteiger partial charge in [0.1, 0.15) is 17.0 Å². The zero-order valence-electron chi connectivity index (χ0n) is 18.8. The van der Waals surface area contributed by atoms with Crippen molar-refractivity contribution in [3.05, 3.63) is 131 Å². The predicted octanol–water partition coefficient (Wildman–Crippen LogP) is 6.70. The number of benzene rings is 4. The Balaban J connectivity index is 1.55. The highest BCUT2D eigenvalue weighted by Crippen LogP contribution is 2.27. The number of hydrogen-bond acceptors (Lipinski definition) is 3. The molecule has 0 aliphatic carbocycles. The topological polar surface area (TPSA) is 52.7 Å². The molecule has 174 valence electrons. The Kier molecular flexibility index (Phi) is 5.43. The molecule has 6 rings (SSSR count). The summed E-state index contributed by atoms with van der Waals surface area (Å²) in [5, 5.41) is 5.55. The number of fused-ring (bicyclic) bond motifs is 1. The van der Waals surface area contributed by atoms with Gasteiger partial charge in [0, 0.05) is 16.8 Å². The second-order valence-corrected chi connectivity index (χ2v) is 8.72. The summed E-state index contributed by atoms with van der Waals surface area (Å²) in [6.45, 7) is 0. The molecule has 0 saturated carbocycles.